The quantitative estimate of drug-likeness (QED) is 0.0899. The van der Waals surface area contributed by atoms with E-state index in [9.17, 15) is 34.1 Å². The second kappa shape index (κ2) is 19.1. The number of fused-ring (bicyclic) bond motifs is 4. The van der Waals surface area contributed by atoms with Crippen molar-refractivity contribution in [2.24, 2.45) is 0 Å². The fourth-order valence-corrected chi connectivity index (χ4v) is 139. The normalized spacial score (nSPS) is 21.2. The van der Waals surface area contributed by atoms with E-state index in [1.807, 2.05) is 0 Å². The van der Waals surface area contributed by atoms with E-state index in [0.29, 0.717) is 31.9 Å². The van der Waals surface area contributed by atoms with Gasteiger partial charge in [-0.05, 0) is 0 Å². The van der Waals surface area contributed by atoms with Gasteiger partial charge in [-0.1, -0.05) is 0 Å². The summed E-state index contributed by atoms with van der Waals surface area (Å²) in [5.41, 5.74) is 26.1. The fourth-order valence-electron chi connectivity index (χ4n) is 16.8. The number of rotatable bonds is 15. The van der Waals surface area contributed by atoms with Crippen molar-refractivity contribution in [2.45, 2.75) is 143 Å². The molecule has 0 aliphatic heterocycles. The van der Waals surface area contributed by atoms with E-state index < -0.39 is 41.4 Å². The summed E-state index contributed by atoms with van der Waals surface area (Å²) in [6.07, 6.45) is 9.99. The topological polar surface area (TPSA) is 0 Å². The number of hydrogen-bond acceptors (Lipinski definition) is 0. The van der Waals surface area contributed by atoms with E-state index >= 15 is 0 Å². The Hall–Kier alpha value is -2.36. The van der Waals surface area contributed by atoms with Gasteiger partial charge in [-0.15, -0.1) is 0 Å². The van der Waals surface area contributed by atoms with Crippen molar-refractivity contribution in [3.8, 4) is 22.3 Å². The molecule has 0 saturated heterocycles. The van der Waals surface area contributed by atoms with Crippen LogP contribution in [0.5, 0.6) is 0 Å². The van der Waals surface area contributed by atoms with Crippen LogP contribution in [0.15, 0.2) is 144 Å². The van der Waals surface area contributed by atoms with E-state index in [4.69, 9.17) is 0 Å². The molecule has 0 fully saturated rings. The monoisotopic (exact) mass is 1270 g/mol. The van der Waals surface area contributed by atoms with E-state index in [1.54, 1.807) is 0 Å². The molecule has 0 bridgehead atoms. The van der Waals surface area contributed by atoms with Crippen molar-refractivity contribution in [1.82, 2.24) is 0 Å². The van der Waals surface area contributed by atoms with Crippen LogP contribution in [-0.2, 0) is 28.1 Å². The molecular weight excluding hydrogens is 1200 g/mol. The molecule has 0 spiro atoms. The molecule has 4 unspecified atom stereocenters. The molecule has 0 aromatic heterocycles. The van der Waals surface area contributed by atoms with E-state index in [0.717, 1.165) is 0 Å². The van der Waals surface area contributed by atoms with Gasteiger partial charge in [0, 0.05) is 0 Å². The predicted octanol–water partition coefficient (Wildman–Crippen LogP) is 21.6. The SMILES string of the molecule is C[SiH2][Zr]([Cl])([Cl])([CH2][CH2][Zr]([Cl])([Cl])([SiH2]C)([CH]1C(C)=Cc2c(-c3ccccc3)cccc21)[CH]1C(C)=Cc2c(C(C)C)cc(C(C)C)cc21)([CH]1C(C)=Cc2c(-c3ccccc3)cccc21)[CH]1C(C)=Cc2c(C(C)C)cc(C(C)C)cc21. The van der Waals surface area contributed by atoms with Crippen LogP contribution in [0.4, 0.5) is 0 Å². The van der Waals surface area contributed by atoms with Crippen LogP contribution >= 0.6 is 34.1 Å². The zero-order chi connectivity index (χ0) is 54.8. The molecule has 10 rings (SSSR count). The van der Waals surface area contributed by atoms with Gasteiger partial charge in [-0.25, -0.2) is 0 Å². The molecule has 0 amide bonds. The molecule has 6 aromatic carbocycles. The average Bonchev–Trinajstić information content (AvgIpc) is 4.25. The molecule has 0 saturated carbocycles. The van der Waals surface area contributed by atoms with Gasteiger partial charge < -0.3 is 0 Å². The van der Waals surface area contributed by atoms with Gasteiger partial charge in [-0.3, -0.25) is 0 Å². The van der Waals surface area contributed by atoms with Gasteiger partial charge in [0.1, 0.15) is 0 Å². The van der Waals surface area contributed by atoms with Crippen molar-refractivity contribution in [3.63, 3.8) is 0 Å². The van der Waals surface area contributed by atoms with Gasteiger partial charge >= 0.3 is 475 Å². The molecule has 0 N–H and O–H groups in total. The van der Waals surface area contributed by atoms with Gasteiger partial charge in [0.05, 0.1) is 0 Å². The molecule has 0 nitrogen and oxygen atoms in total. The fraction of sp³-hybridized carbons (Fsp3) is 0.353. The summed E-state index contributed by atoms with van der Waals surface area (Å²) in [5, 5.41) is 0. The molecule has 4 aliphatic carbocycles. The average molecular weight is 1280 g/mol. The number of hydrogen-bond donors (Lipinski definition) is 0. The Morgan fingerprint density at radius 1 is 0.382 bits per heavy atom. The molecule has 4 aliphatic rings. The molecule has 0 radical (unpaired) electrons. The number of halogens is 4. The Morgan fingerprint density at radius 3 is 1.00 bits per heavy atom. The first-order chi connectivity index (χ1) is 35.7. The van der Waals surface area contributed by atoms with E-state index in [2.05, 4.69) is 242 Å². The van der Waals surface area contributed by atoms with Gasteiger partial charge in [0.2, 0.25) is 0 Å². The van der Waals surface area contributed by atoms with Crippen molar-refractivity contribution in [2.75, 3.05) is 0 Å². The summed E-state index contributed by atoms with van der Waals surface area (Å²) in [7, 11) is 40.1. The Balaban J connectivity index is 1.33. The van der Waals surface area contributed by atoms with Crippen LogP contribution in [0.25, 0.3) is 46.6 Å². The third-order valence-corrected chi connectivity index (χ3v) is 133. The zero-order valence-electron chi connectivity index (χ0n) is 47.8. The minimum atomic E-state index is -6.35. The maximum absolute atomic E-state index is 10.0. The summed E-state index contributed by atoms with van der Waals surface area (Å²) in [6, 6.07) is 45.8. The summed E-state index contributed by atoms with van der Waals surface area (Å²) in [5.74, 6) is 1.32. The molecule has 4 atom stereocenters. The molecule has 398 valence electrons. The van der Waals surface area contributed by atoms with Crippen molar-refractivity contribution < 1.29 is 28.1 Å². The summed E-state index contributed by atoms with van der Waals surface area (Å²) >= 11 is -12.7. The molecule has 0 heterocycles. The van der Waals surface area contributed by atoms with Crippen LogP contribution in [0, 0.1) is 0 Å². The van der Waals surface area contributed by atoms with E-state index in [1.165, 1.54) is 111 Å². The zero-order valence-corrected chi connectivity index (χ0v) is 58.6. The minimum absolute atomic E-state index is 0.140. The van der Waals surface area contributed by atoms with Crippen molar-refractivity contribution >= 4 is 71.6 Å². The van der Waals surface area contributed by atoms with Crippen LogP contribution < -0.4 is 0 Å². The predicted molar refractivity (Wildman–Crippen MR) is 340 cm³/mol. The summed E-state index contributed by atoms with van der Waals surface area (Å²) in [4.78, 5) is 0. The van der Waals surface area contributed by atoms with Crippen LogP contribution in [-0.4, -0.2) is 13.3 Å². The summed E-state index contributed by atoms with van der Waals surface area (Å²) < 4.78 is 0.710. The first-order valence-electron chi connectivity index (χ1n) is 28.8. The third kappa shape index (κ3) is 8.37. The van der Waals surface area contributed by atoms with Gasteiger partial charge in [-0.2, -0.15) is 0 Å². The summed E-state index contributed by atoms with van der Waals surface area (Å²) in [6.45, 7) is 30.6. The standard InChI is InChI=1S/2C16H13.2C16H21.C2H4.2CH5Si.4ClH.2Zr/c2*1-12-10-14-8-5-9-15(16(14)11-12)13-6-3-2-4-7-13;2*1-10(2)13-8-14-6-12(5)7-16(14)15(9-13)11(3)4;3*1-2;;;;;;/h2*2-11H,1H3;2*6-11H,1-5H3;1-2H2;2*2H2,1H3;4*1H;;/q;;;;;;;;;;;2*+2/p-4. The van der Waals surface area contributed by atoms with Crippen molar-refractivity contribution in [1.29, 1.82) is 0 Å². The van der Waals surface area contributed by atoms with Crippen LogP contribution in [0.1, 0.15) is 188 Å². The third-order valence-electron chi connectivity index (χ3n) is 20.6. The Bertz CT molecular complexity index is 3290. The molecule has 8 heteroatoms. The number of benzene rings is 6. The number of allylic oxidation sites excluding steroid dienone is 4. The van der Waals surface area contributed by atoms with Crippen molar-refractivity contribution in [3.05, 3.63) is 210 Å². The van der Waals surface area contributed by atoms with E-state index in [-0.39, 0.29) is 14.5 Å². The van der Waals surface area contributed by atoms with Gasteiger partial charge in [0.15, 0.2) is 0 Å². The first-order valence-corrected chi connectivity index (χ1v) is 65.2. The van der Waals surface area contributed by atoms with Crippen LogP contribution in [0.2, 0.25) is 21.4 Å². The molecular formula is C68H82Cl4Si2Zr2. The first kappa shape index (κ1) is 56.9. The molecule has 76 heavy (non-hydrogen) atoms. The second-order valence-corrected chi connectivity index (χ2v) is 133. The van der Waals surface area contributed by atoms with Gasteiger partial charge in [0.25, 0.3) is 0 Å². The molecule has 6 aromatic rings. The Labute approximate surface area is 469 Å². The second-order valence-electron chi connectivity index (χ2n) is 26.2. The Morgan fingerprint density at radius 2 is 0.697 bits per heavy atom. The Kier molecular flexibility index (Phi) is 14.3. The van der Waals surface area contributed by atoms with Crippen LogP contribution in [0.3, 0.4) is 0 Å². The maximum atomic E-state index is 10.0.